The molecule has 5 nitrogen and oxygen atoms in total. The van der Waals surface area contributed by atoms with Crippen LogP contribution in [0.3, 0.4) is 0 Å². The van der Waals surface area contributed by atoms with E-state index in [1.54, 1.807) is 19.1 Å². The van der Waals surface area contributed by atoms with Gasteiger partial charge >= 0.3 is 5.97 Å². The number of nitrogen functional groups attached to an aromatic ring is 1. The Bertz CT molecular complexity index is 661. The minimum absolute atomic E-state index is 0.223. The molecule has 0 fully saturated rings. The summed E-state index contributed by atoms with van der Waals surface area (Å²) >= 11 is 0. The van der Waals surface area contributed by atoms with Gasteiger partial charge in [0.05, 0.1) is 12.7 Å². The fraction of sp³-hybridized carbons (Fsp3) is 0.200. The fourth-order valence-electron chi connectivity index (χ4n) is 1.92. The van der Waals surface area contributed by atoms with Gasteiger partial charge in [0.2, 0.25) is 0 Å². The van der Waals surface area contributed by atoms with Crippen molar-refractivity contribution in [2.24, 2.45) is 0 Å². The number of halogens is 1. The molecule has 0 radical (unpaired) electrons. The van der Waals surface area contributed by atoms with Gasteiger partial charge in [-0.25, -0.2) is 14.2 Å². The maximum atomic E-state index is 13.4. The topological polar surface area (TPSA) is 74.4 Å². The largest absolute Gasteiger partial charge is 0.482 e. The van der Waals surface area contributed by atoms with Crippen LogP contribution in [0.5, 0.6) is 5.75 Å². The Kier molecular flexibility index (Phi) is 4.37. The summed E-state index contributed by atoms with van der Waals surface area (Å²) < 4.78 is 23.8. The zero-order valence-electron chi connectivity index (χ0n) is 11.7. The highest BCUT2D eigenvalue weighted by molar-refractivity contribution is 5.91. The fourth-order valence-corrected chi connectivity index (χ4v) is 1.92. The van der Waals surface area contributed by atoms with Crippen LogP contribution < -0.4 is 10.5 Å². The van der Waals surface area contributed by atoms with Crippen molar-refractivity contribution in [2.75, 3.05) is 12.8 Å². The summed E-state index contributed by atoms with van der Waals surface area (Å²) in [5, 5.41) is 0. The maximum Gasteiger partial charge on any atom is 0.338 e. The van der Waals surface area contributed by atoms with E-state index < -0.39 is 17.9 Å². The van der Waals surface area contributed by atoms with Gasteiger partial charge in [-0.15, -0.1) is 0 Å². The van der Waals surface area contributed by atoms with Crippen molar-refractivity contribution in [3.63, 3.8) is 0 Å². The maximum absolute atomic E-state index is 13.4. The van der Waals surface area contributed by atoms with Crippen LogP contribution in [0.2, 0.25) is 0 Å². The molecule has 110 valence electrons. The number of ether oxygens (including phenoxy) is 2. The molecular weight excluding hydrogens is 275 g/mol. The predicted octanol–water partition coefficient (Wildman–Crippen LogP) is 2.73. The molecule has 0 saturated heterocycles. The smallest absolute Gasteiger partial charge is 0.338 e. The summed E-state index contributed by atoms with van der Waals surface area (Å²) in [7, 11) is 1.26. The summed E-state index contributed by atoms with van der Waals surface area (Å²) in [6.45, 7) is 1.69. The average molecular weight is 290 g/mol. The monoisotopic (exact) mass is 290 g/mol. The number of rotatable bonds is 4. The van der Waals surface area contributed by atoms with E-state index in [1.807, 2.05) is 0 Å². The van der Waals surface area contributed by atoms with E-state index >= 15 is 0 Å². The van der Waals surface area contributed by atoms with Crippen molar-refractivity contribution in [1.29, 1.82) is 0 Å². The molecule has 0 aliphatic heterocycles. The van der Waals surface area contributed by atoms with E-state index in [-0.39, 0.29) is 11.4 Å². The highest BCUT2D eigenvalue weighted by atomic mass is 19.1. The molecule has 0 unspecified atom stereocenters. The third-order valence-electron chi connectivity index (χ3n) is 2.96. The van der Waals surface area contributed by atoms with Crippen molar-refractivity contribution >= 4 is 11.8 Å². The van der Waals surface area contributed by atoms with Crippen LogP contribution in [-0.4, -0.2) is 18.1 Å². The third kappa shape index (κ3) is 3.28. The Labute approximate surface area is 121 Å². The Morgan fingerprint density at radius 2 is 2.14 bits per heavy atom. The molecule has 2 N–H and O–H groups in total. The summed E-state index contributed by atoms with van der Waals surface area (Å²) in [6, 6.07) is 7.12. The molecule has 0 saturated carbocycles. The van der Waals surface area contributed by atoms with Gasteiger partial charge in [-0.05, 0) is 37.3 Å². The van der Waals surface area contributed by atoms with E-state index in [0.717, 1.165) is 0 Å². The van der Waals surface area contributed by atoms with Crippen LogP contribution in [-0.2, 0) is 4.74 Å². The van der Waals surface area contributed by atoms with E-state index in [2.05, 4.69) is 9.72 Å². The Balaban J connectivity index is 2.34. The number of carbonyl (C=O) groups is 1. The highest BCUT2D eigenvalue weighted by Crippen LogP contribution is 2.28. The minimum Gasteiger partial charge on any atom is -0.482 e. The van der Waals surface area contributed by atoms with Crippen LogP contribution >= 0.6 is 0 Å². The lowest BCUT2D eigenvalue weighted by Gasteiger charge is -2.18. The van der Waals surface area contributed by atoms with Crippen molar-refractivity contribution in [3.05, 3.63) is 53.5 Å². The summed E-state index contributed by atoms with van der Waals surface area (Å²) in [5.41, 5.74) is 6.32. The molecular formula is C15H15FN2O3. The van der Waals surface area contributed by atoms with Gasteiger partial charge in [-0.2, -0.15) is 0 Å². The lowest BCUT2D eigenvalue weighted by Crippen LogP contribution is -2.12. The second-order valence-electron chi connectivity index (χ2n) is 4.37. The SMILES string of the molecule is COC(=O)c1ccc(F)cc1[C@H](C)Oc1cccnc1N. The number of hydrogen-bond donors (Lipinski definition) is 1. The number of nitrogens with two attached hydrogens (primary N) is 1. The van der Waals surface area contributed by atoms with Gasteiger partial charge in [0.25, 0.3) is 0 Å². The zero-order chi connectivity index (χ0) is 15.4. The molecule has 1 atom stereocenters. The molecule has 0 amide bonds. The van der Waals surface area contributed by atoms with Crippen LogP contribution in [0.4, 0.5) is 10.2 Å². The number of pyridine rings is 1. The number of methoxy groups -OCH3 is 1. The van der Waals surface area contributed by atoms with Crippen molar-refractivity contribution in [3.8, 4) is 5.75 Å². The predicted molar refractivity (Wildman–Crippen MR) is 75.4 cm³/mol. The first-order valence-corrected chi connectivity index (χ1v) is 6.28. The van der Waals surface area contributed by atoms with Crippen LogP contribution in [0.1, 0.15) is 28.9 Å². The van der Waals surface area contributed by atoms with Gasteiger partial charge in [0.15, 0.2) is 11.6 Å². The molecule has 2 aromatic rings. The third-order valence-corrected chi connectivity index (χ3v) is 2.96. The van der Waals surface area contributed by atoms with Gasteiger partial charge < -0.3 is 15.2 Å². The lowest BCUT2D eigenvalue weighted by molar-refractivity contribution is 0.0595. The molecule has 0 aliphatic rings. The standard InChI is InChI=1S/C15H15FN2O3/c1-9(21-13-4-3-7-18-14(13)17)12-8-10(16)5-6-11(12)15(19)20-2/h3-9H,1-2H3,(H2,17,18)/t9-/m0/s1. The summed E-state index contributed by atoms with van der Waals surface area (Å²) in [5.74, 6) is -0.433. The molecule has 6 heteroatoms. The van der Waals surface area contributed by atoms with E-state index in [0.29, 0.717) is 11.3 Å². The van der Waals surface area contributed by atoms with E-state index in [1.165, 1.54) is 31.5 Å². The number of benzene rings is 1. The normalized spacial score (nSPS) is 11.8. The Hall–Kier alpha value is -2.63. The number of aromatic nitrogens is 1. The Morgan fingerprint density at radius 3 is 2.81 bits per heavy atom. The van der Waals surface area contributed by atoms with Crippen molar-refractivity contribution in [2.45, 2.75) is 13.0 Å². The number of esters is 1. The lowest BCUT2D eigenvalue weighted by atomic mass is 10.0. The highest BCUT2D eigenvalue weighted by Gasteiger charge is 2.19. The number of hydrogen-bond acceptors (Lipinski definition) is 5. The van der Waals surface area contributed by atoms with Gasteiger partial charge in [0, 0.05) is 11.8 Å². The molecule has 0 aliphatic carbocycles. The summed E-state index contributed by atoms with van der Waals surface area (Å²) in [6.07, 6.45) is 0.941. The quantitative estimate of drug-likeness (QED) is 0.876. The number of anilines is 1. The first kappa shape index (κ1) is 14.8. The summed E-state index contributed by atoms with van der Waals surface area (Å²) in [4.78, 5) is 15.6. The van der Waals surface area contributed by atoms with Gasteiger partial charge in [0.1, 0.15) is 11.9 Å². The van der Waals surface area contributed by atoms with Crippen LogP contribution in [0, 0.1) is 5.82 Å². The number of carbonyl (C=O) groups excluding carboxylic acids is 1. The van der Waals surface area contributed by atoms with E-state index in [9.17, 15) is 9.18 Å². The molecule has 0 bridgehead atoms. The molecule has 1 aromatic heterocycles. The van der Waals surface area contributed by atoms with Crippen LogP contribution in [0.25, 0.3) is 0 Å². The molecule has 21 heavy (non-hydrogen) atoms. The first-order chi connectivity index (χ1) is 10.0. The van der Waals surface area contributed by atoms with Crippen molar-refractivity contribution in [1.82, 2.24) is 4.98 Å². The average Bonchev–Trinajstić information content (AvgIpc) is 2.48. The molecule has 0 spiro atoms. The number of nitrogens with zero attached hydrogens (tertiary/aromatic N) is 1. The van der Waals surface area contributed by atoms with Crippen molar-refractivity contribution < 1.29 is 18.7 Å². The Morgan fingerprint density at radius 1 is 1.38 bits per heavy atom. The van der Waals surface area contributed by atoms with E-state index in [4.69, 9.17) is 10.5 Å². The molecule has 2 rings (SSSR count). The molecule has 1 heterocycles. The van der Waals surface area contributed by atoms with Gasteiger partial charge in [-0.1, -0.05) is 0 Å². The first-order valence-electron chi connectivity index (χ1n) is 6.28. The minimum atomic E-state index is -0.596. The second kappa shape index (κ2) is 6.21. The zero-order valence-corrected chi connectivity index (χ0v) is 11.7. The second-order valence-corrected chi connectivity index (χ2v) is 4.37. The van der Waals surface area contributed by atoms with Crippen LogP contribution in [0.15, 0.2) is 36.5 Å². The van der Waals surface area contributed by atoms with Gasteiger partial charge in [-0.3, -0.25) is 0 Å². The molecule has 1 aromatic carbocycles.